The number of aromatic nitrogens is 4. The molecule has 0 N–H and O–H groups in total. The van der Waals surface area contributed by atoms with E-state index in [0.717, 1.165) is 35.8 Å². The zero-order valence-corrected chi connectivity index (χ0v) is 15.9. The van der Waals surface area contributed by atoms with Gasteiger partial charge in [0.05, 0.1) is 12.6 Å². The van der Waals surface area contributed by atoms with Crippen LogP contribution < -0.4 is 0 Å². The quantitative estimate of drug-likeness (QED) is 0.711. The largest absolute Gasteiger partial charge is 0.325 e. The van der Waals surface area contributed by atoms with Crippen LogP contribution in [0.4, 0.5) is 0 Å². The summed E-state index contributed by atoms with van der Waals surface area (Å²) >= 11 is 0. The Morgan fingerprint density at radius 1 is 1.19 bits per heavy atom. The first-order chi connectivity index (χ1) is 13.1. The van der Waals surface area contributed by atoms with Gasteiger partial charge in [-0.3, -0.25) is 4.79 Å². The molecule has 6 nitrogen and oxygen atoms in total. The van der Waals surface area contributed by atoms with E-state index in [1.807, 2.05) is 50.5 Å². The summed E-state index contributed by atoms with van der Waals surface area (Å²) in [6, 6.07) is 9.90. The Labute approximate surface area is 158 Å². The van der Waals surface area contributed by atoms with E-state index in [4.69, 9.17) is 10.1 Å². The van der Waals surface area contributed by atoms with E-state index in [2.05, 4.69) is 13.8 Å². The van der Waals surface area contributed by atoms with Gasteiger partial charge in [-0.1, -0.05) is 19.9 Å². The van der Waals surface area contributed by atoms with Crippen molar-refractivity contribution in [3.8, 4) is 0 Å². The Morgan fingerprint density at radius 3 is 2.81 bits per heavy atom. The summed E-state index contributed by atoms with van der Waals surface area (Å²) in [5.74, 6) is 3.02. The second kappa shape index (κ2) is 6.22. The first-order valence-corrected chi connectivity index (χ1v) is 9.93. The van der Waals surface area contributed by atoms with Crippen molar-refractivity contribution in [3.05, 3.63) is 53.9 Å². The molecule has 27 heavy (non-hydrogen) atoms. The fraction of sp³-hybridized carbons (Fsp3) is 0.476. The van der Waals surface area contributed by atoms with E-state index >= 15 is 0 Å². The molecular weight excluding hydrogens is 338 g/mol. The van der Waals surface area contributed by atoms with Gasteiger partial charge in [-0.05, 0) is 49.4 Å². The number of amides is 1. The maximum atomic E-state index is 13.5. The third kappa shape index (κ3) is 2.83. The van der Waals surface area contributed by atoms with Gasteiger partial charge in [-0.15, -0.1) is 0 Å². The Morgan fingerprint density at radius 2 is 2.04 bits per heavy atom. The van der Waals surface area contributed by atoms with Crippen molar-refractivity contribution in [2.75, 3.05) is 6.54 Å². The number of rotatable bonds is 4. The van der Waals surface area contributed by atoms with E-state index in [1.165, 1.54) is 12.8 Å². The lowest BCUT2D eigenvalue weighted by Gasteiger charge is -2.36. The van der Waals surface area contributed by atoms with E-state index in [9.17, 15) is 4.79 Å². The summed E-state index contributed by atoms with van der Waals surface area (Å²) in [5.41, 5.74) is 1.76. The zero-order chi connectivity index (χ0) is 18.5. The predicted octanol–water partition coefficient (Wildman–Crippen LogP) is 3.65. The maximum absolute atomic E-state index is 13.5. The molecule has 0 saturated heterocycles. The van der Waals surface area contributed by atoms with Crippen LogP contribution in [-0.4, -0.2) is 36.5 Å². The normalized spacial score (nSPS) is 19.7. The Kier molecular flexibility index (Phi) is 3.81. The number of fused-ring (bicyclic) bond motifs is 2. The van der Waals surface area contributed by atoms with Crippen molar-refractivity contribution >= 4 is 11.4 Å². The highest BCUT2D eigenvalue weighted by molar-refractivity contribution is 5.94. The Bertz CT molecular complexity index is 997. The topological polar surface area (TPSA) is 55.4 Å². The molecule has 0 spiro atoms. The summed E-state index contributed by atoms with van der Waals surface area (Å²) in [4.78, 5) is 20.4. The minimum Gasteiger partial charge on any atom is -0.325 e. The molecule has 0 unspecified atom stereocenters. The first kappa shape index (κ1) is 16.5. The summed E-state index contributed by atoms with van der Waals surface area (Å²) in [6.45, 7) is 5.80. The molecule has 2 aliphatic rings. The summed E-state index contributed by atoms with van der Waals surface area (Å²) in [6.07, 6.45) is 5.24. The lowest BCUT2D eigenvalue weighted by Crippen LogP contribution is -2.43. The number of hydrogen-bond acceptors (Lipinski definition) is 3. The molecule has 1 amide bonds. The van der Waals surface area contributed by atoms with Crippen molar-refractivity contribution < 1.29 is 4.79 Å². The van der Waals surface area contributed by atoms with Gasteiger partial charge in [0.2, 0.25) is 0 Å². The van der Waals surface area contributed by atoms with Gasteiger partial charge in [0.1, 0.15) is 11.5 Å². The molecule has 1 atom stereocenters. The second-order valence-corrected chi connectivity index (χ2v) is 8.18. The fourth-order valence-electron chi connectivity index (χ4n) is 4.10. The zero-order valence-electron chi connectivity index (χ0n) is 15.9. The number of nitrogens with zero attached hydrogens (tertiary/aromatic N) is 5. The summed E-state index contributed by atoms with van der Waals surface area (Å²) in [7, 11) is 0. The number of pyridine rings is 1. The van der Waals surface area contributed by atoms with Crippen LogP contribution in [0.25, 0.3) is 5.52 Å². The van der Waals surface area contributed by atoms with Crippen LogP contribution in [0, 0.1) is 5.92 Å². The second-order valence-electron chi connectivity index (χ2n) is 8.18. The average molecular weight is 363 g/mol. The molecule has 0 radical (unpaired) electrons. The third-order valence-corrected chi connectivity index (χ3v) is 5.62. The molecule has 0 aromatic carbocycles. The molecule has 1 fully saturated rings. The van der Waals surface area contributed by atoms with Crippen molar-refractivity contribution in [2.24, 2.45) is 5.92 Å². The predicted molar refractivity (Wildman–Crippen MR) is 103 cm³/mol. The van der Waals surface area contributed by atoms with Gasteiger partial charge in [-0.2, -0.15) is 5.10 Å². The van der Waals surface area contributed by atoms with Crippen molar-refractivity contribution in [3.63, 3.8) is 0 Å². The first-order valence-electron chi connectivity index (χ1n) is 9.93. The lowest BCUT2D eigenvalue weighted by atomic mass is 10.00. The highest BCUT2D eigenvalue weighted by Gasteiger charge is 2.37. The van der Waals surface area contributed by atoms with Crippen LogP contribution in [0.1, 0.15) is 67.2 Å². The number of carbonyl (C=O) groups is 1. The summed E-state index contributed by atoms with van der Waals surface area (Å²) < 4.78 is 4.02. The maximum Gasteiger partial charge on any atom is 0.271 e. The average Bonchev–Trinajstić information content (AvgIpc) is 3.27. The van der Waals surface area contributed by atoms with E-state index in [1.54, 1.807) is 0 Å². The van der Waals surface area contributed by atoms with Gasteiger partial charge in [0.25, 0.3) is 5.91 Å². The molecule has 5 rings (SSSR count). The molecule has 0 bridgehead atoms. The standard InChI is InChI=1S/C21H25N5O/c1-14(2)13-18-20-22-19(15-6-7-15)23-26(20)12-11-25(18)21(27)17-9-8-16-5-3-4-10-24(16)17/h3-5,8-10,14-15,18H,6-7,11-13H2,1-2H3/t18-/m0/s1. The lowest BCUT2D eigenvalue weighted by molar-refractivity contribution is 0.0571. The van der Waals surface area contributed by atoms with Gasteiger partial charge in [-0.25, -0.2) is 9.67 Å². The van der Waals surface area contributed by atoms with Crippen molar-refractivity contribution in [1.82, 2.24) is 24.1 Å². The highest BCUT2D eigenvalue weighted by atomic mass is 16.2. The monoisotopic (exact) mass is 363 g/mol. The minimum absolute atomic E-state index is 0.0134. The van der Waals surface area contributed by atoms with Gasteiger partial charge in [0.15, 0.2) is 5.82 Å². The van der Waals surface area contributed by atoms with Crippen LogP contribution in [0.3, 0.4) is 0 Å². The molecule has 140 valence electrons. The smallest absolute Gasteiger partial charge is 0.271 e. The third-order valence-electron chi connectivity index (χ3n) is 5.62. The van der Waals surface area contributed by atoms with Crippen LogP contribution >= 0.6 is 0 Å². The van der Waals surface area contributed by atoms with Crippen LogP contribution in [0.5, 0.6) is 0 Å². The SMILES string of the molecule is CC(C)C[C@H]1c2nc(C3CC3)nn2CCN1C(=O)c1ccc2ccccn12. The van der Waals surface area contributed by atoms with E-state index in [-0.39, 0.29) is 11.9 Å². The van der Waals surface area contributed by atoms with Crippen LogP contribution in [-0.2, 0) is 6.54 Å². The molecule has 3 aromatic heterocycles. The van der Waals surface area contributed by atoms with Crippen molar-refractivity contribution in [1.29, 1.82) is 0 Å². The van der Waals surface area contributed by atoms with Crippen molar-refractivity contribution in [2.45, 2.75) is 51.6 Å². The molecule has 6 heteroatoms. The Hall–Kier alpha value is -2.63. The molecule has 3 aromatic rings. The number of carbonyl (C=O) groups excluding carboxylic acids is 1. The Balaban J connectivity index is 1.52. The molecule has 4 heterocycles. The molecule has 1 aliphatic heterocycles. The summed E-state index contributed by atoms with van der Waals surface area (Å²) in [5, 5.41) is 4.74. The highest BCUT2D eigenvalue weighted by Crippen LogP contribution is 2.40. The van der Waals surface area contributed by atoms with Crippen LogP contribution in [0.2, 0.25) is 0 Å². The van der Waals surface area contributed by atoms with Crippen LogP contribution in [0.15, 0.2) is 36.5 Å². The molecule has 1 aliphatic carbocycles. The van der Waals surface area contributed by atoms with E-state index in [0.29, 0.717) is 18.4 Å². The minimum atomic E-state index is -0.0134. The number of hydrogen-bond donors (Lipinski definition) is 0. The van der Waals surface area contributed by atoms with Gasteiger partial charge >= 0.3 is 0 Å². The van der Waals surface area contributed by atoms with Gasteiger partial charge < -0.3 is 9.30 Å². The van der Waals surface area contributed by atoms with E-state index < -0.39 is 0 Å². The van der Waals surface area contributed by atoms with Gasteiger partial charge in [0, 0.05) is 24.2 Å². The fourth-order valence-corrected chi connectivity index (χ4v) is 4.10. The molecule has 1 saturated carbocycles. The molecular formula is C21H25N5O.